The molecule has 0 saturated heterocycles. The van der Waals surface area contributed by atoms with Crippen molar-refractivity contribution < 1.29 is 9.90 Å². The Morgan fingerprint density at radius 1 is 1.73 bits per heavy atom. The first kappa shape index (κ1) is 12.5. The molecule has 1 unspecified atom stereocenters. The fourth-order valence-electron chi connectivity index (χ4n) is 0.948. The second-order valence-corrected chi connectivity index (χ2v) is 5.49. The van der Waals surface area contributed by atoms with Gasteiger partial charge in [-0.1, -0.05) is 13.8 Å². The van der Waals surface area contributed by atoms with E-state index in [2.05, 4.69) is 34.8 Å². The lowest BCUT2D eigenvalue weighted by Gasteiger charge is -2.09. The molecular weight excluding hydrogens is 278 g/mol. The molecule has 0 aliphatic heterocycles. The zero-order valence-corrected chi connectivity index (χ0v) is 10.9. The van der Waals surface area contributed by atoms with Gasteiger partial charge in [0.25, 0.3) is 0 Å². The van der Waals surface area contributed by atoms with E-state index >= 15 is 0 Å². The molecule has 0 amide bonds. The average molecular weight is 290 g/mol. The fraction of sp³-hybridized carbons (Fsp3) is 0.400. The zero-order valence-electron chi connectivity index (χ0n) is 8.53. The first-order valence-corrected chi connectivity index (χ1v) is 6.27. The highest BCUT2D eigenvalue weighted by molar-refractivity contribution is 9.10. The molecule has 0 radical (unpaired) electrons. The van der Waals surface area contributed by atoms with Crippen molar-refractivity contribution in [2.75, 3.05) is 0 Å². The first-order chi connectivity index (χ1) is 7.04. The van der Waals surface area contributed by atoms with E-state index in [0.29, 0.717) is 14.7 Å². The number of halogens is 1. The summed E-state index contributed by atoms with van der Waals surface area (Å²) in [5, 5.41) is 9.96. The normalized spacial score (nSPS) is 12.5. The van der Waals surface area contributed by atoms with Crippen LogP contribution < -0.4 is 0 Å². The van der Waals surface area contributed by atoms with Gasteiger partial charge in [-0.15, -0.1) is 11.8 Å². The number of rotatable bonds is 4. The number of hydrogen-bond acceptors (Lipinski definition) is 3. The quantitative estimate of drug-likeness (QED) is 0.863. The fourth-order valence-corrected chi connectivity index (χ4v) is 2.21. The van der Waals surface area contributed by atoms with Crippen LogP contribution in [0.25, 0.3) is 0 Å². The van der Waals surface area contributed by atoms with Crippen LogP contribution in [0.4, 0.5) is 0 Å². The largest absolute Gasteiger partial charge is 0.478 e. The molecule has 1 N–H and O–H groups in total. The minimum absolute atomic E-state index is 0.259. The van der Waals surface area contributed by atoms with E-state index in [1.54, 1.807) is 12.3 Å². The Hall–Kier alpha value is -0.550. The number of pyridine rings is 1. The van der Waals surface area contributed by atoms with Crippen LogP contribution in [0.15, 0.2) is 21.8 Å². The summed E-state index contributed by atoms with van der Waals surface area (Å²) in [6, 6.07) is 1.58. The summed E-state index contributed by atoms with van der Waals surface area (Å²) in [5.41, 5.74) is 0.259. The third-order valence-corrected chi connectivity index (χ3v) is 3.65. The Morgan fingerprint density at radius 3 is 2.93 bits per heavy atom. The number of carbonyl (C=O) groups is 1. The maximum Gasteiger partial charge on any atom is 0.338 e. The molecule has 0 aliphatic rings. The highest BCUT2D eigenvalue weighted by atomic mass is 79.9. The maximum atomic E-state index is 11.0. The van der Waals surface area contributed by atoms with E-state index in [9.17, 15) is 4.79 Å². The van der Waals surface area contributed by atoms with Crippen molar-refractivity contribution in [3.8, 4) is 0 Å². The first-order valence-electron chi connectivity index (χ1n) is 4.60. The lowest BCUT2D eigenvalue weighted by atomic mass is 10.3. The van der Waals surface area contributed by atoms with E-state index < -0.39 is 5.97 Å². The average Bonchev–Trinajstić information content (AvgIpc) is 2.20. The summed E-state index contributed by atoms with van der Waals surface area (Å²) < 4.78 is 0.688. The van der Waals surface area contributed by atoms with Crippen molar-refractivity contribution >= 4 is 33.7 Å². The number of aromatic carboxylic acids is 1. The van der Waals surface area contributed by atoms with Crippen molar-refractivity contribution in [2.45, 2.75) is 30.5 Å². The molecule has 1 rings (SSSR count). The number of thioether (sulfide) groups is 1. The Balaban J connectivity index is 3.01. The number of carboxylic acids is 1. The predicted molar refractivity (Wildman–Crippen MR) is 64.5 cm³/mol. The van der Waals surface area contributed by atoms with Crippen LogP contribution in [0.1, 0.15) is 30.6 Å². The van der Waals surface area contributed by atoms with Crippen LogP contribution in [0.2, 0.25) is 0 Å². The van der Waals surface area contributed by atoms with Crippen LogP contribution in [-0.2, 0) is 0 Å². The van der Waals surface area contributed by atoms with Crippen molar-refractivity contribution in [1.82, 2.24) is 4.98 Å². The standard InChI is InChI=1S/C10H12BrNO2S/c1-3-6(2)15-9-8(10(13)14)4-7(11)5-12-9/h4-6H,3H2,1-2H3,(H,13,14). The lowest BCUT2D eigenvalue weighted by molar-refractivity contribution is 0.0692. The van der Waals surface area contributed by atoms with E-state index in [-0.39, 0.29) is 5.56 Å². The molecule has 1 aromatic heterocycles. The summed E-state index contributed by atoms with van der Waals surface area (Å²) in [6.07, 6.45) is 2.61. The molecule has 0 fully saturated rings. The molecule has 0 aliphatic carbocycles. The van der Waals surface area contributed by atoms with E-state index in [1.807, 2.05) is 0 Å². The smallest absolute Gasteiger partial charge is 0.338 e. The SMILES string of the molecule is CCC(C)Sc1ncc(Br)cc1C(=O)O. The van der Waals surface area contributed by atoms with E-state index in [4.69, 9.17) is 5.11 Å². The lowest BCUT2D eigenvalue weighted by Crippen LogP contribution is -2.03. The highest BCUT2D eigenvalue weighted by Crippen LogP contribution is 2.28. The van der Waals surface area contributed by atoms with Crippen LogP contribution in [0.5, 0.6) is 0 Å². The molecule has 82 valence electrons. The molecule has 1 atom stereocenters. The Labute approximate surface area is 101 Å². The van der Waals surface area contributed by atoms with Crippen molar-refractivity contribution in [1.29, 1.82) is 0 Å². The van der Waals surface area contributed by atoms with Gasteiger partial charge in [-0.3, -0.25) is 0 Å². The van der Waals surface area contributed by atoms with Gasteiger partial charge in [0.2, 0.25) is 0 Å². The zero-order chi connectivity index (χ0) is 11.4. The topological polar surface area (TPSA) is 50.2 Å². The van der Waals surface area contributed by atoms with Gasteiger partial charge < -0.3 is 5.11 Å². The van der Waals surface area contributed by atoms with Crippen LogP contribution in [0.3, 0.4) is 0 Å². The van der Waals surface area contributed by atoms with Gasteiger partial charge in [-0.25, -0.2) is 9.78 Å². The molecule has 15 heavy (non-hydrogen) atoms. The maximum absolute atomic E-state index is 11.0. The Kier molecular flexibility index (Phi) is 4.60. The van der Waals surface area contributed by atoms with E-state index in [0.717, 1.165) is 6.42 Å². The van der Waals surface area contributed by atoms with Gasteiger partial charge in [0.05, 0.1) is 5.56 Å². The van der Waals surface area contributed by atoms with Crippen molar-refractivity contribution in [3.05, 3.63) is 22.3 Å². The van der Waals surface area contributed by atoms with Gasteiger partial charge in [-0.05, 0) is 28.4 Å². The molecule has 0 spiro atoms. The highest BCUT2D eigenvalue weighted by Gasteiger charge is 2.14. The molecule has 0 aromatic carbocycles. The molecule has 3 nitrogen and oxygen atoms in total. The molecule has 1 aromatic rings. The minimum atomic E-state index is -0.936. The third kappa shape index (κ3) is 3.50. The molecular formula is C10H12BrNO2S. The van der Waals surface area contributed by atoms with Gasteiger partial charge in [0, 0.05) is 15.9 Å². The summed E-state index contributed by atoms with van der Waals surface area (Å²) in [7, 11) is 0. The Bertz CT molecular complexity index is 370. The summed E-state index contributed by atoms with van der Waals surface area (Å²) in [6.45, 7) is 4.12. The molecule has 5 heteroatoms. The molecule has 1 heterocycles. The number of nitrogens with zero attached hydrogens (tertiary/aromatic N) is 1. The van der Waals surface area contributed by atoms with Crippen molar-refractivity contribution in [2.24, 2.45) is 0 Å². The number of carboxylic acid groups (broad SMARTS) is 1. The second-order valence-electron chi connectivity index (χ2n) is 3.15. The van der Waals surface area contributed by atoms with Crippen molar-refractivity contribution in [3.63, 3.8) is 0 Å². The van der Waals surface area contributed by atoms with Gasteiger partial charge in [0.15, 0.2) is 0 Å². The predicted octanol–water partition coefficient (Wildman–Crippen LogP) is 3.43. The monoisotopic (exact) mass is 289 g/mol. The minimum Gasteiger partial charge on any atom is -0.478 e. The number of hydrogen-bond donors (Lipinski definition) is 1. The Morgan fingerprint density at radius 2 is 2.40 bits per heavy atom. The number of aromatic nitrogens is 1. The summed E-state index contributed by atoms with van der Waals surface area (Å²) >= 11 is 4.71. The molecule has 0 bridgehead atoms. The van der Waals surface area contributed by atoms with Crippen LogP contribution in [0, 0.1) is 0 Å². The third-order valence-electron chi connectivity index (χ3n) is 1.94. The summed E-state index contributed by atoms with van der Waals surface area (Å²) in [4.78, 5) is 15.1. The van der Waals surface area contributed by atoms with Gasteiger partial charge in [-0.2, -0.15) is 0 Å². The second kappa shape index (κ2) is 5.51. The van der Waals surface area contributed by atoms with Crippen LogP contribution in [-0.4, -0.2) is 21.3 Å². The molecule has 0 saturated carbocycles. The van der Waals surface area contributed by atoms with Crippen LogP contribution >= 0.6 is 27.7 Å². The van der Waals surface area contributed by atoms with Gasteiger partial charge >= 0.3 is 5.97 Å². The van der Waals surface area contributed by atoms with E-state index in [1.165, 1.54) is 11.8 Å². The summed E-state index contributed by atoms with van der Waals surface area (Å²) in [5.74, 6) is -0.936. The van der Waals surface area contributed by atoms with Gasteiger partial charge in [0.1, 0.15) is 5.03 Å².